The van der Waals surface area contributed by atoms with Crippen molar-refractivity contribution in [2.75, 3.05) is 9.80 Å². The summed E-state index contributed by atoms with van der Waals surface area (Å²) in [7, 11) is 0. The molecule has 3 nitrogen and oxygen atoms in total. The summed E-state index contributed by atoms with van der Waals surface area (Å²) in [6.45, 7) is 6.33. The Balaban J connectivity index is 1.11. The lowest BCUT2D eigenvalue weighted by Crippen LogP contribution is -2.61. The second-order valence-corrected chi connectivity index (χ2v) is 23.6. The standard InChI is InChI=1S/C82H59BN2O/c1-82(2,3)70-41-21-19-35-63(70)61-44-47-74-72(51-61)83-71-50-60(54-25-9-4-10-26-54)43-46-73(71)84(80-64(55-27-11-5-12-28-55)37-23-38-65(80)56-29-13-6-14-30-56)75-52-62(59-45-48-78-69(49-59)68-36-20-22-42-77(68)86-78)53-76(79(75)83)85(74)81-66(57-31-15-7-16-32-57)39-24-40-67(81)58-33-17-8-18-34-58/h4-53H,1-3H3/i4D,9D,10D,25D,26D. The average molecular weight is 1100 g/mol. The summed E-state index contributed by atoms with van der Waals surface area (Å²) in [6, 6.07) is 95.8. The Morgan fingerprint density at radius 3 is 1.29 bits per heavy atom. The SMILES string of the molecule is [2H]c1c([2H])c([2H])c(-c2ccc3c(c2)B2c4cc(-c5ccccc5C(C)(C)C)ccc4N(c4c(-c5ccccc5)cccc4-c4ccccc4)c4cc(-c5ccc6oc7ccccc7c6c5)cc(c42)N3c2c(-c3ccccc3)cccc2-c2ccccc2)c([2H])c1[2H]. The predicted molar refractivity (Wildman–Crippen MR) is 364 cm³/mol. The first kappa shape index (κ1) is 45.8. The summed E-state index contributed by atoms with van der Waals surface area (Å²) < 4.78 is 52.2. The van der Waals surface area contributed by atoms with Gasteiger partial charge in [0, 0.05) is 55.8 Å². The molecule has 0 unspecified atom stereocenters. The highest BCUT2D eigenvalue weighted by molar-refractivity contribution is 7.00. The van der Waals surface area contributed by atoms with Gasteiger partial charge < -0.3 is 14.2 Å². The van der Waals surface area contributed by atoms with Gasteiger partial charge in [-0.1, -0.05) is 282 Å². The zero-order valence-electron chi connectivity index (χ0n) is 52.9. The summed E-state index contributed by atoms with van der Waals surface area (Å²) in [5, 5.41) is 2.06. The Morgan fingerprint density at radius 1 is 0.326 bits per heavy atom. The maximum atomic E-state index is 9.50. The van der Waals surface area contributed by atoms with Gasteiger partial charge in [-0.2, -0.15) is 0 Å². The maximum absolute atomic E-state index is 9.50. The molecule has 1 aromatic heterocycles. The molecular weight excluding hydrogens is 1040 g/mol. The van der Waals surface area contributed by atoms with Crippen molar-refractivity contribution in [1.82, 2.24) is 0 Å². The van der Waals surface area contributed by atoms with Crippen LogP contribution in [-0.2, 0) is 5.41 Å². The third kappa shape index (κ3) is 8.51. The lowest BCUT2D eigenvalue weighted by molar-refractivity contribution is 0.592. The minimum atomic E-state index is -0.489. The number of para-hydroxylation sites is 3. The Morgan fingerprint density at radius 2 is 0.756 bits per heavy atom. The average Bonchev–Trinajstić information content (AvgIpc) is 0.990. The van der Waals surface area contributed by atoms with Crippen molar-refractivity contribution in [3.05, 3.63) is 309 Å². The van der Waals surface area contributed by atoms with Gasteiger partial charge in [0.05, 0.1) is 18.2 Å². The smallest absolute Gasteiger partial charge is 0.252 e. The van der Waals surface area contributed by atoms with Crippen molar-refractivity contribution in [3.63, 3.8) is 0 Å². The topological polar surface area (TPSA) is 19.6 Å². The molecule has 0 fully saturated rings. The van der Waals surface area contributed by atoms with Crippen LogP contribution in [0.25, 0.3) is 99.8 Å². The second-order valence-electron chi connectivity index (χ2n) is 23.6. The predicted octanol–water partition coefficient (Wildman–Crippen LogP) is 20.6. The number of hydrogen-bond donors (Lipinski definition) is 0. The van der Waals surface area contributed by atoms with E-state index in [2.05, 4.69) is 285 Å². The molecule has 3 heterocycles. The minimum Gasteiger partial charge on any atom is -0.456 e. The van der Waals surface area contributed by atoms with Crippen molar-refractivity contribution < 1.29 is 11.3 Å². The molecule has 0 radical (unpaired) electrons. The molecule has 0 amide bonds. The Hall–Kier alpha value is -10.7. The van der Waals surface area contributed by atoms with Crippen LogP contribution in [0.4, 0.5) is 34.1 Å². The summed E-state index contributed by atoms with van der Waals surface area (Å²) in [5.41, 5.74) is 24.7. The van der Waals surface area contributed by atoms with Crippen molar-refractivity contribution in [2.45, 2.75) is 26.2 Å². The highest BCUT2D eigenvalue weighted by Crippen LogP contribution is 2.54. The molecule has 0 saturated heterocycles. The molecule has 0 saturated carbocycles. The highest BCUT2D eigenvalue weighted by Gasteiger charge is 2.46. The van der Waals surface area contributed by atoms with Crippen LogP contribution in [-0.4, -0.2) is 6.71 Å². The first-order chi connectivity index (χ1) is 44.4. The van der Waals surface area contributed by atoms with Crippen molar-refractivity contribution in [2.24, 2.45) is 0 Å². The van der Waals surface area contributed by atoms with Crippen molar-refractivity contribution >= 4 is 79.2 Å². The van der Waals surface area contributed by atoms with E-state index in [1.165, 1.54) is 5.56 Å². The fourth-order valence-corrected chi connectivity index (χ4v) is 13.6. The van der Waals surface area contributed by atoms with Crippen LogP contribution < -0.4 is 26.2 Å². The summed E-state index contributed by atoms with van der Waals surface area (Å²) in [4.78, 5) is 5.01. The maximum Gasteiger partial charge on any atom is 0.252 e. The molecule has 0 spiro atoms. The van der Waals surface area contributed by atoms with Gasteiger partial charge >= 0.3 is 0 Å². The van der Waals surface area contributed by atoms with Gasteiger partial charge in [-0.05, 0) is 125 Å². The van der Waals surface area contributed by atoms with E-state index in [4.69, 9.17) is 8.53 Å². The largest absolute Gasteiger partial charge is 0.456 e. The van der Waals surface area contributed by atoms with E-state index < -0.39 is 12.8 Å². The van der Waals surface area contributed by atoms with Crippen LogP contribution >= 0.6 is 0 Å². The van der Waals surface area contributed by atoms with Crippen LogP contribution in [0.3, 0.4) is 0 Å². The molecule has 4 heteroatoms. The van der Waals surface area contributed by atoms with E-state index in [0.29, 0.717) is 5.56 Å². The van der Waals surface area contributed by atoms with E-state index in [9.17, 15) is 2.74 Å². The monoisotopic (exact) mass is 1100 g/mol. The van der Waals surface area contributed by atoms with Gasteiger partial charge in [-0.3, -0.25) is 0 Å². The quantitative estimate of drug-likeness (QED) is 0.134. The number of nitrogens with zero attached hydrogens (tertiary/aromatic N) is 2. The molecule has 2 aliphatic heterocycles. The molecule has 0 bridgehead atoms. The van der Waals surface area contributed by atoms with Gasteiger partial charge in [0.25, 0.3) is 6.71 Å². The summed E-state index contributed by atoms with van der Waals surface area (Å²) >= 11 is 0. The summed E-state index contributed by atoms with van der Waals surface area (Å²) in [6.07, 6.45) is 0. The molecular formula is C82H59BN2O. The van der Waals surface area contributed by atoms with E-state index >= 15 is 0 Å². The van der Waals surface area contributed by atoms with Crippen LogP contribution in [0, 0.1) is 0 Å². The molecule has 406 valence electrons. The lowest BCUT2D eigenvalue weighted by Gasteiger charge is -2.46. The van der Waals surface area contributed by atoms with E-state index in [1.807, 2.05) is 18.2 Å². The lowest BCUT2D eigenvalue weighted by atomic mass is 9.33. The molecule has 14 aromatic rings. The van der Waals surface area contributed by atoms with E-state index in [1.54, 1.807) is 0 Å². The van der Waals surface area contributed by atoms with Crippen molar-refractivity contribution in [1.29, 1.82) is 0 Å². The molecule has 16 rings (SSSR count). The molecule has 0 N–H and O–H groups in total. The first-order valence-corrected chi connectivity index (χ1v) is 29.5. The Kier molecular flexibility index (Phi) is 11.0. The van der Waals surface area contributed by atoms with Crippen LogP contribution in [0.1, 0.15) is 33.2 Å². The Bertz CT molecular complexity index is 5080. The zero-order valence-corrected chi connectivity index (χ0v) is 47.9. The third-order valence-electron chi connectivity index (χ3n) is 17.5. The van der Waals surface area contributed by atoms with Gasteiger partial charge in [0.15, 0.2) is 0 Å². The molecule has 13 aromatic carbocycles. The van der Waals surface area contributed by atoms with E-state index in [-0.39, 0.29) is 35.1 Å². The second kappa shape index (κ2) is 20.6. The number of benzene rings is 13. The van der Waals surface area contributed by atoms with Gasteiger partial charge in [-0.25, -0.2) is 0 Å². The third-order valence-corrected chi connectivity index (χ3v) is 17.5. The minimum absolute atomic E-state index is 0.147. The molecule has 2 aliphatic rings. The van der Waals surface area contributed by atoms with E-state index in [0.717, 1.165) is 139 Å². The fourth-order valence-electron chi connectivity index (χ4n) is 13.6. The normalized spacial score (nSPS) is 13.3. The molecule has 86 heavy (non-hydrogen) atoms. The number of rotatable bonds is 9. The number of anilines is 6. The number of hydrogen-bond acceptors (Lipinski definition) is 3. The van der Waals surface area contributed by atoms with Gasteiger partial charge in [0.2, 0.25) is 0 Å². The Labute approximate surface area is 510 Å². The van der Waals surface area contributed by atoms with Crippen LogP contribution in [0.2, 0.25) is 0 Å². The molecule has 0 atom stereocenters. The number of furan rings is 1. The summed E-state index contributed by atoms with van der Waals surface area (Å²) in [5.74, 6) is 0. The highest BCUT2D eigenvalue weighted by atomic mass is 16.3. The van der Waals surface area contributed by atoms with Crippen LogP contribution in [0.5, 0.6) is 0 Å². The first-order valence-electron chi connectivity index (χ1n) is 32.0. The van der Waals surface area contributed by atoms with Gasteiger partial charge in [0.1, 0.15) is 11.2 Å². The van der Waals surface area contributed by atoms with Crippen LogP contribution in [0.15, 0.2) is 308 Å². The van der Waals surface area contributed by atoms with Gasteiger partial charge in [-0.15, -0.1) is 0 Å². The molecule has 0 aliphatic carbocycles. The zero-order chi connectivity index (χ0) is 61.8. The number of fused-ring (bicyclic) bond motifs is 7. The fraction of sp³-hybridized carbons (Fsp3) is 0.0488. The van der Waals surface area contributed by atoms with Crippen molar-refractivity contribution in [3.8, 4) is 77.9 Å².